The Hall–Kier alpha value is -2.14. The number of rotatable bonds is 6. The van der Waals surface area contributed by atoms with Gasteiger partial charge in [-0.3, -0.25) is 0 Å². The Morgan fingerprint density at radius 3 is 2.66 bits per heavy atom. The lowest BCUT2D eigenvalue weighted by atomic mass is 10.0. The first-order valence-corrected chi connectivity index (χ1v) is 10.9. The van der Waals surface area contributed by atoms with Gasteiger partial charge in [0.05, 0.1) is 13.1 Å². The Morgan fingerprint density at radius 1 is 1.14 bits per heavy atom. The van der Waals surface area contributed by atoms with Gasteiger partial charge >= 0.3 is 5.63 Å². The van der Waals surface area contributed by atoms with Gasteiger partial charge in [-0.25, -0.2) is 4.79 Å². The number of nitrogens with two attached hydrogens (primary N) is 1. The van der Waals surface area contributed by atoms with E-state index in [9.17, 15) is 4.79 Å². The molecule has 0 unspecified atom stereocenters. The van der Waals surface area contributed by atoms with E-state index in [-0.39, 0.29) is 5.63 Å². The van der Waals surface area contributed by atoms with Gasteiger partial charge in [-0.15, -0.1) is 0 Å². The second-order valence-corrected chi connectivity index (χ2v) is 8.55. The molecule has 4 rings (SSSR count). The molecular formula is C24H29ClN2O2+2. The maximum atomic E-state index is 12.1. The number of halogens is 1. The van der Waals surface area contributed by atoms with Crippen molar-refractivity contribution in [2.75, 3.05) is 19.6 Å². The molecule has 5 heteroatoms. The Bertz CT molecular complexity index is 1070. The number of likely N-dealkylation sites (tertiary alicyclic amines) is 1. The minimum absolute atomic E-state index is 0.276. The Labute approximate surface area is 176 Å². The highest BCUT2D eigenvalue weighted by Crippen LogP contribution is 2.23. The van der Waals surface area contributed by atoms with Gasteiger partial charge in [0, 0.05) is 40.4 Å². The van der Waals surface area contributed by atoms with Crippen molar-refractivity contribution in [3.8, 4) is 0 Å². The number of benzene rings is 2. The summed E-state index contributed by atoms with van der Waals surface area (Å²) in [5, 5.41) is 4.19. The number of hydrogen-bond donors (Lipinski definition) is 2. The molecule has 4 nitrogen and oxygen atoms in total. The fourth-order valence-corrected chi connectivity index (χ4v) is 4.82. The molecule has 1 aromatic heterocycles. The maximum absolute atomic E-state index is 12.1. The maximum Gasteiger partial charge on any atom is 0.336 e. The third-order valence-electron chi connectivity index (χ3n) is 6.30. The number of hydrogen-bond acceptors (Lipinski definition) is 2. The molecule has 0 spiro atoms. The van der Waals surface area contributed by atoms with E-state index in [1.54, 1.807) is 11.0 Å². The molecule has 152 valence electrons. The van der Waals surface area contributed by atoms with Crippen molar-refractivity contribution < 1.29 is 14.6 Å². The minimum atomic E-state index is -0.276. The molecule has 29 heavy (non-hydrogen) atoms. The van der Waals surface area contributed by atoms with Crippen LogP contribution < -0.4 is 15.8 Å². The second kappa shape index (κ2) is 8.70. The average molecular weight is 413 g/mol. The number of fused-ring (bicyclic) bond motifs is 1. The van der Waals surface area contributed by atoms with E-state index >= 15 is 0 Å². The minimum Gasteiger partial charge on any atom is -0.422 e. The van der Waals surface area contributed by atoms with Crippen LogP contribution in [-0.4, -0.2) is 19.6 Å². The highest BCUT2D eigenvalue weighted by atomic mass is 35.5. The highest BCUT2D eigenvalue weighted by molar-refractivity contribution is 6.31. The molecule has 3 aromatic rings. The van der Waals surface area contributed by atoms with Crippen LogP contribution >= 0.6 is 11.6 Å². The molecule has 1 fully saturated rings. The summed E-state index contributed by atoms with van der Waals surface area (Å²) < 4.78 is 5.52. The summed E-state index contributed by atoms with van der Waals surface area (Å²) >= 11 is 6.54. The van der Waals surface area contributed by atoms with Crippen LogP contribution in [0.3, 0.4) is 0 Å². The van der Waals surface area contributed by atoms with Crippen LogP contribution in [0.5, 0.6) is 0 Å². The van der Waals surface area contributed by atoms with E-state index in [4.69, 9.17) is 16.0 Å². The predicted octanol–water partition coefficient (Wildman–Crippen LogP) is 2.55. The van der Waals surface area contributed by atoms with E-state index in [1.807, 2.05) is 26.0 Å². The zero-order chi connectivity index (χ0) is 20.4. The standard InChI is InChI=1S/C24H27ClN2O2/c1-16-9-10-19-18(13-23(28)29-24(19)17(16)2)14-26-15-22(27-11-5-6-12-27)20-7-3-4-8-21(20)25/h3-4,7-10,13,22,26H,5-6,11-12,14-15H2,1-2H3/p+2/t22-/m1/s1. The smallest absolute Gasteiger partial charge is 0.336 e. The fourth-order valence-electron chi connectivity index (χ4n) is 4.55. The topological polar surface area (TPSA) is 51.3 Å². The van der Waals surface area contributed by atoms with Crippen LogP contribution in [-0.2, 0) is 6.54 Å². The van der Waals surface area contributed by atoms with Crippen LogP contribution in [0, 0.1) is 13.8 Å². The SMILES string of the molecule is Cc1ccc2c(C[NH2+]C[C@H](c3ccccc3Cl)[NH+]3CCCC3)cc(=O)oc2c1C. The van der Waals surface area contributed by atoms with Crippen LogP contribution in [0.2, 0.25) is 5.02 Å². The number of nitrogens with one attached hydrogen (secondary N) is 1. The summed E-state index contributed by atoms with van der Waals surface area (Å²) in [5.74, 6) is 0. The zero-order valence-electron chi connectivity index (χ0n) is 17.1. The fraction of sp³-hybridized carbons (Fsp3) is 0.375. The van der Waals surface area contributed by atoms with E-state index in [1.165, 1.54) is 31.5 Å². The first-order chi connectivity index (χ1) is 14.0. The van der Waals surface area contributed by atoms with Crippen LogP contribution in [0.25, 0.3) is 11.0 Å². The predicted molar refractivity (Wildman–Crippen MR) is 117 cm³/mol. The van der Waals surface area contributed by atoms with Crippen molar-refractivity contribution in [2.24, 2.45) is 0 Å². The molecule has 3 N–H and O–H groups in total. The van der Waals surface area contributed by atoms with Gasteiger partial charge in [0.2, 0.25) is 0 Å². The summed E-state index contributed by atoms with van der Waals surface area (Å²) in [4.78, 5) is 13.7. The van der Waals surface area contributed by atoms with Gasteiger partial charge in [-0.1, -0.05) is 41.9 Å². The van der Waals surface area contributed by atoms with Crippen molar-refractivity contribution >= 4 is 22.6 Å². The summed E-state index contributed by atoms with van der Waals surface area (Å²) in [6, 6.07) is 14.4. The molecule has 1 aliphatic heterocycles. The largest absolute Gasteiger partial charge is 0.422 e. The van der Waals surface area contributed by atoms with Crippen LogP contribution in [0.1, 0.15) is 41.1 Å². The molecule has 1 saturated heterocycles. The molecule has 0 amide bonds. The summed E-state index contributed by atoms with van der Waals surface area (Å²) in [5.41, 5.74) is 4.88. The Morgan fingerprint density at radius 2 is 1.90 bits per heavy atom. The lowest BCUT2D eigenvalue weighted by Gasteiger charge is -2.24. The zero-order valence-corrected chi connectivity index (χ0v) is 17.9. The van der Waals surface area contributed by atoms with Crippen molar-refractivity contribution in [1.82, 2.24) is 0 Å². The Balaban J connectivity index is 1.57. The molecule has 1 atom stereocenters. The van der Waals surface area contributed by atoms with E-state index in [0.29, 0.717) is 11.6 Å². The number of quaternary nitrogens is 2. The first kappa shape index (κ1) is 20.1. The summed E-state index contributed by atoms with van der Waals surface area (Å²) in [7, 11) is 0. The van der Waals surface area contributed by atoms with Crippen molar-refractivity contribution in [3.63, 3.8) is 0 Å². The normalized spacial score (nSPS) is 15.8. The molecule has 1 aliphatic rings. The molecule has 0 radical (unpaired) electrons. The van der Waals surface area contributed by atoms with E-state index < -0.39 is 0 Å². The van der Waals surface area contributed by atoms with Crippen LogP contribution in [0.4, 0.5) is 0 Å². The third-order valence-corrected chi connectivity index (χ3v) is 6.65. The average Bonchev–Trinajstić information content (AvgIpc) is 3.24. The molecular weight excluding hydrogens is 384 g/mol. The van der Waals surface area contributed by atoms with Gasteiger partial charge in [-0.2, -0.15) is 0 Å². The number of aryl methyl sites for hydroxylation is 2. The molecule has 0 bridgehead atoms. The van der Waals surface area contributed by atoms with Crippen molar-refractivity contribution in [2.45, 2.75) is 39.3 Å². The molecule has 0 saturated carbocycles. The quantitative estimate of drug-likeness (QED) is 0.611. The van der Waals surface area contributed by atoms with Gasteiger partial charge in [0.25, 0.3) is 0 Å². The van der Waals surface area contributed by atoms with Crippen molar-refractivity contribution in [1.29, 1.82) is 0 Å². The second-order valence-electron chi connectivity index (χ2n) is 8.14. The first-order valence-electron chi connectivity index (χ1n) is 10.5. The van der Waals surface area contributed by atoms with Gasteiger partial charge in [-0.05, 0) is 31.0 Å². The third kappa shape index (κ3) is 4.25. The van der Waals surface area contributed by atoms with E-state index in [0.717, 1.165) is 40.2 Å². The lowest BCUT2D eigenvalue weighted by Crippen LogP contribution is -3.13. The molecule has 0 aliphatic carbocycles. The van der Waals surface area contributed by atoms with Gasteiger partial charge in [0.1, 0.15) is 18.7 Å². The highest BCUT2D eigenvalue weighted by Gasteiger charge is 2.30. The summed E-state index contributed by atoms with van der Waals surface area (Å²) in [6.07, 6.45) is 2.55. The Kier molecular flexibility index (Phi) is 6.04. The van der Waals surface area contributed by atoms with Gasteiger partial charge < -0.3 is 14.6 Å². The summed E-state index contributed by atoms with van der Waals surface area (Å²) in [6.45, 7) is 8.13. The molecule has 2 aromatic carbocycles. The molecule has 2 heterocycles. The lowest BCUT2D eigenvalue weighted by molar-refractivity contribution is -0.935. The van der Waals surface area contributed by atoms with Crippen molar-refractivity contribution in [3.05, 3.63) is 80.2 Å². The monoisotopic (exact) mass is 412 g/mol. The van der Waals surface area contributed by atoms with Gasteiger partial charge in [0.15, 0.2) is 6.04 Å². The van der Waals surface area contributed by atoms with Crippen LogP contribution in [0.15, 0.2) is 51.7 Å². The van der Waals surface area contributed by atoms with E-state index in [2.05, 4.69) is 29.6 Å².